The van der Waals surface area contributed by atoms with E-state index < -0.39 is 167 Å². The zero-order valence-electron chi connectivity index (χ0n) is 28.8. The topological polar surface area (TPSA) is 366 Å². The van der Waals surface area contributed by atoms with E-state index >= 15 is 0 Å². The van der Waals surface area contributed by atoms with Crippen LogP contribution in [-0.4, -0.2) is 238 Å². The van der Waals surface area contributed by atoms with Crippen molar-refractivity contribution in [2.24, 2.45) is 0 Å². The van der Waals surface area contributed by atoms with Gasteiger partial charge in [-0.05, 0) is 20.8 Å². The van der Waals surface area contributed by atoms with Crippen LogP contribution in [0.4, 0.5) is 0 Å². The van der Waals surface area contributed by atoms with Gasteiger partial charge in [0.25, 0.3) is 0 Å². The first-order valence-electron chi connectivity index (χ1n) is 17.2. The number of rotatable bonds is 10. The Balaban J connectivity index is 1.40. The molecule has 0 aliphatic carbocycles. The fourth-order valence-corrected chi connectivity index (χ4v) is 6.71. The molecule has 5 aliphatic heterocycles. The second-order valence-corrected chi connectivity index (χ2v) is 13.9. The molecule has 5 rings (SSSR count). The lowest BCUT2D eigenvalue weighted by Crippen LogP contribution is -2.67. The number of hydrogen-bond acceptors (Lipinski definition) is 23. The summed E-state index contributed by atoms with van der Waals surface area (Å²) in [7, 11) is 0. The van der Waals surface area contributed by atoms with Crippen LogP contribution >= 0.6 is 0 Å². The van der Waals surface area contributed by atoms with Gasteiger partial charge in [-0.15, -0.1) is 0 Å². The van der Waals surface area contributed by atoms with E-state index in [-0.39, 0.29) is 0 Å². The Morgan fingerprint density at radius 1 is 0.377 bits per heavy atom. The van der Waals surface area contributed by atoms with Crippen molar-refractivity contribution in [2.75, 3.05) is 13.2 Å². The van der Waals surface area contributed by atoms with Gasteiger partial charge in [-0.3, -0.25) is 0 Å². The van der Waals surface area contributed by atoms with E-state index in [0.717, 1.165) is 0 Å². The molecule has 25 atom stereocenters. The largest absolute Gasteiger partial charge is 0.394 e. The monoisotopic (exact) mass is 780 g/mol. The Hall–Kier alpha value is -0.920. The minimum absolute atomic E-state index is 0.734. The van der Waals surface area contributed by atoms with E-state index in [1.54, 1.807) is 0 Å². The predicted octanol–water partition coefficient (Wildman–Crippen LogP) is -8.84. The third kappa shape index (κ3) is 8.82. The highest BCUT2D eigenvalue weighted by molar-refractivity contribution is 4.97. The van der Waals surface area contributed by atoms with Crippen LogP contribution in [0.15, 0.2) is 0 Å². The van der Waals surface area contributed by atoms with Gasteiger partial charge in [0.1, 0.15) is 104 Å². The highest BCUT2D eigenvalue weighted by Crippen LogP contribution is 2.36. The molecule has 0 aromatic heterocycles. The second-order valence-electron chi connectivity index (χ2n) is 13.9. The van der Waals surface area contributed by atoms with Crippen molar-refractivity contribution in [3.05, 3.63) is 0 Å². The predicted molar refractivity (Wildman–Crippen MR) is 162 cm³/mol. The Morgan fingerprint density at radius 2 is 0.811 bits per heavy atom. The summed E-state index contributed by atoms with van der Waals surface area (Å²) in [6, 6.07) is 0. The average molecular weight is 781 g/mol. The smallest absolute Gasteiger partial charge is 0.187 e. The zero-order valence-corrected chi connectivity index (χ0v) is 28.8. The van der Waals surface area contributed by atoms with Gasteiger partial charge in [0.2, 0.25) is 0 Å². The van der Waals surface area contributed by atoms with Crippen LogP contribution in [0.2, 0.25) is 0 Å². The van der Waals surface area contributed by atoms with E-state index in [0.29, 0.717) is 0 Å². The molecule has 0 aromatic carbocycles. The molecule has 0 aromatic rings. The summed E-state index contributed by atoms with van der Waals surface area (Å²) >= 11 is 0. The lowest BCUT2D eigenvalue weighted by atomic mass is 9.96. The maximum absolute atomic E-state index is 11.3. The van der Waals surface area contributed by atoms with Crippen molar-refractivity contribution < 1.29 is 114 Å². The molecule has 0 spiro atoms. The lowest BCUT2D eigenvalue weighted by Gasteiger charge is -2.50. The molecule has 23 heteroatoms. The standard InChI is InChI=1S/C30H52O23/c1-6-12(33)19(40)24(26(44)46-6)52-30-25(23(13(34)8(3)48-30)51-28-21(42)16(37)11(32)7(2)47-28)53-29-22(43)18(39)15(36)10(50-29)5-45-27-20(41)17(38)14(35)9(4-31)49-27/h6-44H,4-5H2,1-3H3/t6-,7-,8-,9+,10+,11-,12-,13-,14+,15+,16+,17-,18-,19+,20+,21+,22+,23+,24+,25+,26?,27?,28?,29?,30?/m0/s1. The quantitative estimate of drug-likeness (QED) is 0.0978. The first-order valence-corrected chi connectivity index (χ1v) is 17.2. The Bertz CT molecular complexity index is 1160. The number of aliphatic hydroxyl groups is 14. The van der Waals surface area contributed by atoms with Crippen molar-refractivity contribution in [2.45, 2.75) is 174 Å². The maximum atomic E-state index is 11.3. The third-order valence-electron chi connectivity index (χ3n) is 10.2. The Labute approximate surface area is 301 Å². The zero-order chi connectivity index (χ0) is 39.2. The van der Waals surface area contributed by atoms with Crippen molar-refractivity contribution in [3.63, 3.8) is 0 Å². The molecule has 14 N–H and O–H groups in total. The first kappa shape index (κ1) is 43.2. The van der Waals surface area contributed by atoms with Crippen molar-refractivity contribution >= 4 is 0 Å². The summed E-state index contributed by atoms with van der Waals surface area (Å²) in [6.07, 6.45) is -42.3. The molecule has 5 saturated heterocycles. The number of ether oxygens (including phenoxy) is 9. The van der Waals surface area contributed by atoms with E-state index in [1.807, 2.05) is 0 Å². The molecule has 5 heterocycles. The van der Waals surface area contributed by atoms with Crippen molar-refractivity contribution in [1.29, 1.82) is 0 Å². The molecule has 5 aliphatic rings. The highest BCUT2D eigenvalue weighted by Gasteiger charge is 2.56. The van der Waals surface area contributed by atoms with Gasteiger partial charge in [0, 0.05) is 0 Å². The molecule has 5 fully saturated rings. The molecule has 0 bridgehead atoms. The molecule has 5 unspecified atom stereocenters. The molecule has 53 heavy (non-hydrogen) atoms. The summed E-state index contributed by atoms with van der Waals surface area (Å²) in [5.74, 6) is 0. The molecular weight excluding hydrogens is 728 g/mol. The number of aliphatic hydroxyl groups excluding tert-OH is 14. The van der Waals surface area contributed by atoms with E-state index in [2.05, 4.69) is 0 Å². The minimum atomic E-state index is -2.07. The maximum Gasteiger partial charge on any atom is 0.187 e. The van der Waals surface area contributed by atoms with Gasteiger partial charge in [0.15, 0.2) is 31.5 Å². The van der Waals surface area contributed by atoms with Crippen molar-refractivity contribution in [1.82, 2.24) is 0 Å². The fourth-order valence-electron chi connectivity index (χ4n) is 6.71. The van der Waals surface area contributed by atoms with Gasteiger partial charge < -0.3 is 114 Å². The van der Waals surface area contributed by atoms with Crippen LogP contribution in [0.1, 0.15) is 20.8 Å². The average Bonchev–Trinajstić information content (AvgIpc) is 3.12. The first-order chi connectivity index (χ1) is 24.9. The van der Waals surface area contributed by atoms with Gasteiger partial charge in [-0.1, -0.05) is 0 Å². The molecular formula is C30H52O23. The lowest BCUT2D eigenvalue weighted by molar-refractivity contribution is -0.405. The van der Waals surface area contributed by atoms with E-state index in [4.69, 9.17) is 42.6 Å². The molecule has 0 radical (unpaired) electrons. The van der Waals surface area contributed by atoms with Crippen molar-refractivity contribution in [3.8, 4) is 0 Å². The second kappa shape index (κ2) is 17.7. The van der Waals surface area contributed by atoms with Crippen LogP contribution < -0.4 is 0 Å². The third-order valence-corrected chi connectivity index (χ3v) is 10.2. The molecule has 0 saturated carbocycles. The van der Waals surface area contributed by atoms with Gasteiger partial charge in [-0.25, -0.2) is 0 Å². The van der Waals surface area contributed by atoms with Gasteiger partial charge >= 0.3 is 0 Å². The molecule has 0 amide bonds. The van der Waals surface area contributed by atoms with Gasteiger partial charge in [0.05, 0.1) is 31.5 Å². The normalized spacial score (nSPS) is 55.5. The summed E-state index contributed by atoms with van der Waals surface area (Å²) in [5, 5.41) is 147. The number of hydrogen-bond donors (Lipinski definition) is 14. The van der Waals surface area contributed by atoms with Crippen LogP contribution in [0.5, 0.6) is 0 Å². The summed E-state index contributed by atoms with van der Waals surface area (Å²) in [5.41, 5.74) is 0. The van der Waals surface area contributed by atoms with Crippen LogP contribution in [0.3, 0.4) is 0 Å². The Morgan fingerprint density at radius 3 is 1.43 bits per heavy atom. The summed E-state index contributed by atoms with van der Waals surface area (Å²) < 4.78 is 50.8. The summed E-state index contributed by atoms with van der Waals surface area (Å²) in [4.78, 5) is 0. The van der Waals surface area contributed by atoms with Crippen LogP contribution in [0.25, 0.3) is 0 Å². The van der Waals surface area contributed by atoms with Gasteiger partial charge in [-0.2, -0.15) is 0 Å². The van der Waals surface area contributed by atoms with Crippen LogP contribution in [0, 0.1) is 0 Å². The SMILES string of the molecule is C[C@@H]1OC(O[C@@H]2[C@@H](O)[C@H](C)OC(O[C@H]3C(O)O[C@@H](C)[C@H](O)[C@H]3O)[C@@H]2OC2O[C@H](COC3O[C@H](CO)[C@@H](O)[C@H](O)[C@H]3O)[C@@H](O)[C@H](O)[C@H]2O)[C@H](O)[C@H](O)[C@H]1O. The molecule has 310 valence electrons. The van der Waals surface area contributed by atoms with E-state index in [1.165, 1.54) is 20.8 Å². The van der Waals surface area contributed by atoms with Crippen LogP contribution in [-0.2, 0) is 42.6 Å². The Kier molecular flexibility index (Phi) is 14.4. The summed E-state index contributed by atoms with van der Waals surface area (Å²) in [6.45, 7) is 2.59. The van der Waals surface area contributed by atoms with E-state index in [9.17, 15) is 71.5 Å². The fraction of sp³-hybridized carbons (Fsp3) is 1.00. The molecule has 23 nitrogen and oxygen atoms in total. The highest BCUT2D eigenvalue weighted by atomic mass is 16.8. The minimum Gasteiger partial charge on any atom is -0.394 e.